The van der Waals surface area contributed by atoms with Gasteiger partial charge in [0.15, 0.2) is 0 Å². The lowest BCUT2D eigenvalue weighted by atomic mass is 10.1. The van der Waals surface area contributed by atoms with Gasteiger partial charge in [-0.15, -0.1) is 11.3 Å². The van der Waals surface area contributed by atoms with Crippen molar-refractivity contribution in [2.45, 2.75) is 36.9 Å². The molecule has 5 nitrogen and oxygen atoms in total. The zero-order valence-electron chi connectivity index (χ0n) is 14.2. The van der Waals surface area contributed by atoms with E-state index in [9.17, 15) is 8.42 Å². The Labute approximate surface area is 157 Å². The normalized spacial score (nSPS) is 14.8. The molecule has 26 heavy (non-hydrogen) atoms. The van der Waals surface area contributed by atoms with Gasteiger partial charge in [-0.05, 0) is 35.4 Å². The highest BCUT2D eigenvalue weighted by Gasteiger charge is 2.28. The second-order valence-corrected chi connectivity index (χ2v) is 9.20. The number of hydrogen-bond donors (Lipinski definition) is 1. The van der Waals surface area contributed by atoms with Crippen molar-refractivity contribution in [3.63, 3.8) is 0 Å². The number of thiophene rings is 1. The first kappa shape index (κ1) is 17.5. The van der Waals surface area contributed by atoms with Crippen LogP contribution in [0.15, 0.2) is 63.4 Å². The average Bonchev–Trinajstić information content (AvgIpc) is 3.33. The van der Waals surface area contributed by atoms with Crippen LogP contribution in [-0.4, -0.2) is 19.4 Å². The Kier molecular flexibility index (Phi) is 4.71. The minimum Gasteiger partial charge on any atom is -0.467 e. The lowest BCUT2D eigenvalue weighted by Gasteiger charge is -2.27. The van der Waals surface area contributed by atoms with E-state index in [0.717, 1.165) is 19.4 Å². The van der Waals surface area contributed by atoms with Crippen LogP contribution in [0.5, 0.6) is 0 Å². The molecular weight excluding hydrogens is 368 g/mol. The maximum atomic E-state index is 11.5. The highest BCUT2D eigenvalue weighted by Crippen LogP contribution is 2.29. The van der Waals surface area contributed by atoms with Gasteiger partial charge < -0.3 is 4.42 Å². The largest absolute Gasteiger partial charge is 0.467 e. The fraction of sp³-hybridized carbons (Fsp3) is 0.263. The number of nitrogens with zero attached hydrogens (tertiary/aromatic N) is 1. The molecule has 2 N–H and O–H groups in total. The first-order chi connectivity index (χ1) is 12.5. The van der Waals surface area contributed by atoms with E-state index in [2.05, 4.69) is 40.6 Å². The summed E-state index contributed by atoms with van der Waals surface area (Å²) < 4.78 is 28.5. The zero-order chi connectivity index (χ0) is 18.1. The summed E-state index contributed by atoms with van der Waals surface area (Å²) in [7, 11) is -3.74. The Morgan fingerprint density at radius 3 is 2.42 bits per heavy atom. The van der Waals surface area contributed by atoms with E-state index in [4.69, 9.17) is 9.56 Å². The van der Waals surface area contributed by atoms with Gasteiger partial charge in [-0.25, -0.2) is 13.6 Å². The van der Waals surface area contributed by atoms with E-state index in [1.54, 1.807) is 11.3 Å². The Bertz CT molecular complexity index is 968. The molecule has 0 atom stereocenters. The molecule has 2 aromatic heterocycles. The van der Waals surface area contributed by atoms with Crippen LogP contribution in [0, 0.1) is 0 Å². The van der Waals surface area contributed by atoms with Crippen molar-refractivity contribution in [1.29, 1.82) is 0 Å². The highest BCUT2D eigenvalue weighted by molar-refractivity contribution is 7.89. The van der Waals surface area contributed by atoms with Crippen LogP contribution in [0.3, 0.4) is 0 Å². The summed E-state index contributed by atoms with van der Waals surface area (Å²) in [4.78, 5) is 3.66. The molecule has 0 spiro atoms. The number of primary sulfonamides is 1. The van der Waals surface area contributed by atoms with Crippen LogP contribution in [0.2, 0.25) is 0 Å². The fourth-order valence-corrected chi connectivity index (χ4v) is 4.71. The van der Waals surface area contributed by atoms with Gasteiger partial charge in [0.25, 0.3) is 0 Å². The first-order valence-corrected chi connectivity index (χ1v) is 10.8. The molecule has 0 aliphatic heterocycles. The van der Waals surface area contributed by atoms with Gasteiger partial charge in [0.1, 0.15) is 16.9 Å². The summed E-state index contributed by atoms with van der Waals surface area (Å²) in [5.41, 5.74) is 2.77. The van der Waals surface area contributed by atoms with Crippen molar-refractivity contribution >= 4 is 21.4 Å². The number of rotatable bonds is 6. The number of nitrogens with two attached hydrogens (primary N) is 1. The van der Waals surface area contributed by atoms with E-state index in [-0.39, 0.29) is 4.90 Å². The number of furan rings is 1. The van der Waals surface area contributed by atoms with Crippen molar-refractivity contribution in [1.82, 2.24) is 4.90 Å². The van der Waals surface area contributed by atoms with Gasteiger partial charge in [-0.1, -0.05) is 30.3 Å². The SMILES string of the molecule is NS(=O)(=O)c1coc(CN(Cc2cccs2)C2Cc3ccccc3C2)c1. The van der Waals surface area contributed by atoms with Crippen molar-refractivity contribution in [2.75, 3.05) is 0 Å². The molecule has 1 aliphatic rings. The quantitative estimate of drug-likeness (QED) is 0.704. The standard InChI is InChI=1S/C19H20N2O3S2/c20-26(22,23)19-10-17(24-13-19)11-21(12-18-6-3-7-25-18)16-8-14-4-1-2-5-15(14)9-16/h1-7,10,13,16H,8-9,11-12H2,(H2,20,22,23). The lowest BCUT2D eigenvalue weighted by molar-refractivity contribution is 0.171. The third-order valence-corrected chi connectivity index (χ3v) is 6.53. The minimum absolute atomic E-state index is 0.0262. The highest BCUT2D eigenvalue weighted by atomic mass is 32.2. The molecular formula is C19H20N2O3S2. The summed E-state index contributed by atoms with van der Waals surface area (Å²) in [5, 5.41) is 7.26. The molecule has 2 heterocycles. The van der Waals surface area contributed by atoms with Gasteiger partial charge in [0.05, 0.1) is 6.54 Å². The smallest absolute Gasteiger partial charge is 0.241 e. The zero-order valence-corrected chi connectivity index (χ0v) is 15.8. The monoisotopic (exact) mass is 388 g/mol. The van der Waals surface area contributed by atoms with E-state index >= 15 is 0 Å². The molecule has 1 aliphatic carbocycles. The second kappa shape index (κ2) is 7.00. The number of hydrogen-bond acceptors (Lipinski definition) is 5. The summed E-state index contributed by atoms with van der Waals surface area (Å²) in [6, 6.07) is 14.6. The predicted molar refractivity (Wildman–Crippen MR) is 101 cm³/mol. The number of sulfonamides is 1. The number of fused-ring (bicyclic) bond motifs is 1. The molecule has 3 aromatic rings. The summed E-state index contributed by atoms with van der Waals surface area (Å²) in [6.07, 6.45) is 3.20. The van der Waals surface area contributed by atoms with Crippen LogP contribution in [0.4, 0.5) is 0 Å². The molecule has 0 radical (unpaired) electrons. The number of benzene rings is 1. The predicted octanol–water partition coefficient (Wildman–Crippen LogP) is 3.16. The maximum Gasteiger partial charge on any atom is 0.241 e. The molecule has 0 amide bonds. The minimum atomic E-state index is -3.74. The molecule has 0 bridgehead atoms. The van der Waals surface area contributed by atoms with Crippen molar-refractivity contribution in [2.24, 2.45) is 5.14 Å². The topological polar surface area (TPSA) is 76.5 Å². The molecule has 7 heteroatoms. The molecule has 4 rings (SSSR count). The Balaban J connectivity index is 1.57. The van der Waals surface area contributed by atoms with Crippen molar-refractivity contribution < 1.29 is 12.8 Å². The van der Waals surface area contributed by atoms with Crippen LogP contribution < -0.4 is 5.14 Å². The lowest BCUT2D eigenvalue weighted by Crippen LogP contribution is -2.34. The summed E-state index contributed by atoms with van der Waals surface area (Å²) in [5.74, 6) is 0.613. The maximum absolute atomic E-state index is 11.5. The molecule has 0 unspecified atom stereocenters. The molecule has 0 saturated carbocycles. The van der Waals surface area contributed by atoms with Crippen LogP contribution >= 0.6 is 11.3 Å². The fourth-order valence-electron chi connectivity index (χ4n) is 3.50. The van der Waals surface area contributed by atoms with Gasteiger partial charge in [0, 0.05) is 23.5 Å². The van der Waals surface area contributed by atoms with E-state index in [0.29, 0.717) is 18.3 Å². The summed E-state index contributed by atoms with van der Waals surface area (Å²) in [6.45, 7) is 1.35. The van der Waals surface area contributed by atoms with Crippen LogP contribution in [0.25, 0.3) is 0 Å². The van der Waals surface area contributed by atoms with Gasteiger partial charge in [-0.2, -0.15) is 0 Å². The molecule has 136 valence electrons. The van der Waals surface area contributed by atoms with Gasteiger partial charge in [-0.3, -0.25) is 4.90 Å². The van der Waals surface area contributed by atoms with Crippen molar-refractivity contribution in [3.05, 3.63) is 75.9 Å². The summed E-state index contributed by atoms with van der Waals surface area (Å²) >= 11 is 1.73. The van der Waals surface area contributed by atoms with E-state index < -0.39 is 10.0 Å². The third kappa shape index (κ3) is 3.76. The molecule has 1 aromatic carbocycles. The van der Waals surface area contributed by atoms with Gasteiger partial charge >= 0.3 is 0 Å². The molecule has 0 fully saturated rings. The third-order valence-electron chi connectivity index (χ3n) is 4.80. The van der Waals surface area contributed by atoms with E-state index in [1.165, 1.54) is 28.3 Å². The Hall–Kier alpha value is -1.93. The van der Waals surface area contributed by atoms with Crippen LogP contribution in [0.1, 0.15) is 21.8 Å². The average molecular weight is 389 g/mol. The van der Waals surface area contributed by atoms with Crippen molar-refractivity contribution in [3.8, 4) is 0 Å². The first-order valence-electron chi connectivity index (χ1n) is 8.42. The van der Waals surface area contributed by atoms with Crippen LogP contribution in [-0.2, 0) is 36.0 Å². The van der Waals surface area contributed by atoms with Gasteiger partial charge in [0.2, 0.25) is 10.0 Å². The second-order valence-electron chi connectivity index (χ2n) is 6.61. The Morgan fingerprint density at radius 2 is 1.85 bits per heavy atom. The molecule has 0 saturated heterocycles. The van der Waals surface area contributed by atoms with E-state index in [1.807, 2.05) is 6.07 Å². The Morgan fingerprint density at radius 1 is 1.12 bits per heavy atom.